The molecule has 0 aromatic heterocycles. The summed E-state index contributed by atoms with van der Waals surface area (Å²) in [5, 5.41) is 9.54. The Labute approximate surface area is 114 Å². The lowest BCUT2D eigenvalue weighted by Crippen LogP contribution is -2.11. The van der Waals surface area contributed by atoms with Crippen LogP contribution in [0.2, 0.25) is 5.02 Å². The van der Waals surface area contributed by atoms with Gasteiger partial charge in [-0.2, -0.15) is 5.26 Å². The van der Waals surface area contributed by atoms with E-state index in [0.29, 0.717) is 18.2 Å². The van der Waals surface area contributed by atoms with Crippen LogP contribution in [-0.2, 0) is 6.54 Å². The average Bonchev–Trinajstić information content (AvgIpc) is 2.35. The molecular weight excluding hydrogens is 248 g/mol. The highest BCUT2D eigenvalue weighted by molar-refractivity contribution is 6.31. The van der Waals surface area contributed by atoms with Crippen LogP contribution in [0.5, 0.6) is 5.75 Å². The second kappa shape index (κ2) is 6.63. The molecule has 0 aliphatic heterocycles. The van der Waals surface area contributed by atoms with Crippen molar-refractivity contribution in [1.29, 1.82) is 5.26 Å². The summed E-state index contributed by atoms with van der Waals surface area (Å²) in [6, 6.07) is 7.78. The van der Waals surface area contributed by atoms with E-state index in [0.717, 1.165) is 24.2 Å². The van der Waals surface area contributed by atoms with E-state index in [9.17, 15) is 0 Å². The molecule has 0 bridgehead atoms. The van der Waals surface area contributed by atoms with Crippen LogP contribution in [0, 0.1) is 16.7 Å². The van der Waals surface area contributed by atoms with E-state index in [1.54, 1.807) is 6.07 Å². The Balaban J connectivity index is 2.50. The summed E-state index contributed by atoms with van der Waals surface area (Å²) in [6.07, 6.45) is 1.64. The molecule has 0 amide bonds. The van der Waals surface area contributed by atoms with Crippen molar-refractivity contribution >= 4 is 11.6 Å². The van der Waals surface area contributed by atoms with Gasteiger partial charge in [0.05, 0.1) is 18.1 Å². The molecule has 3 nitrogen and oxygen atoms in total. The molecule has 4 heteroatoms. The van der Waals surface area contributed by atoms with Gasteiger partial charge >= 0.3 is 0 Å². The van der Waals surface area contributed by atoms with Gasteiger partial charge in [0.2, 0.25) is 0 Å². The third-order valence-corrected chi connectivity index (χ3v) is 3.14. The molecule has 0 atom stereocenters. The van der Waals surface area contributed by atoms with Crippen molar-refractivity contribution in [3.63, 3.8) is 0 Å². The van der Waals surface area contributed by atoms with E-state index < -0.39 is 0 Å². The third-order valence-electron chi connectivity index (χ3n) is 2.79. The zero-order valence-corrected chi connectivity index (χ0v) is 11.6. The second-order valence-corrected chi connectivity index (χ2v) is 5.28. The first kappa shape index (κ1) is 14.8. The summed E-state index contributed by atoms with van der Waals surface area (Å²) in [5.74, 6) is 0.736. The quantitative estimate of drug-likeness (QED) is 0.802. The molecule has 18 heavy (non-hydrogen) atoms. The topological polar surface area (TPSA) is 59.0 Å². The van der Waals surface area contributed by atoms with Crippen molar-refractivity contribution in [3.8, 4) is 11.8 Å². The first-order chi connectivity index (χ1) is 8.50. The summed E-state index contributed by atoms with van der Waals surface area (Å²) in [7, 11) is 0. The molecule has 0 aliphatic carbocycles. The van der Waals surface area contributed by atoms with Crippen LogP contribution in [-0.4, -0.2) is 6.61 Å². The summed E-state index contributed by atoms with van der Waals surface area (Å²) < 4.78 is 5.67. The molecule has 0 heterocycles. The fraction of sp³-hybridized carbons (Fsp3) is 0.500. The minimum Gasteiger partial charge on any atom is -0.493 e. The van der Waals surface area contributed by atoms with Gasteiger partial charge in [0.1, 0.15) is 5.75 Å². The number of rotatable bonds is 6. The lowest BCUT2D eigenvalue weighted by Gasteiger charge is -2.16. The molecule has 0 spiro atoms. The van der Waals surface area contributed by atoms with Crippen LogP contribution in [0.25, 0.3) is 0 Å². The Morgan fingerprint density at radius 3 is 2.78 bits per heavy atom. The number of nitrogens with zero attached hydrogens (tertiary/aromatic N) is 1. The van der Waals surface area contributed by atoms with Crippen molar-refractivity contribution in [2.24, 2.45) is 11.1 Å². The molecule has 0 unspecified atom stereocenters. The lowest BCUT2D eigenvalue weighted by molar-refractivity contribution is 0.282. The van der Waals surface area contributed by atoms with Gasteiger partial charge in [0.25, 0.3) is 0 Å². The fourth-order valence-corrected chi connectivity index (χ4v) is 1.87. The SMILES string of the molecule is CC(C)(C#N)CCCOc1cccc(Cl)c1CN. The number of nitriles is 1. The Morgan fingerprint density at radius 2 is 2.17 bits per heavy atom. The van der Waals surface area contributed by atoms with Crippen molar-refractivity contribution in [3.05, 3.63) is 28.8 Å². The molecule has 98 valence electrons. The summed E-state index contributed by atoms with van der Waals surface area (Å²) in [6.45, 7) is 4.78. The molecule has 1 aromatic carbocycles. The highest BCUT2D eigenvalue weighted by Gasteiger charge is 2.16. The van der Waals surface area contributed by atoms with Gasteiger partial charge < -0.3 is 10.5 Å². The van der Waals surface area contributed by atoms with Crippen LogP contribution in [0.4, 0.5) is 0 Å². The van der Waals surface area contributed by atoms with Crippen LogP contribution < -0.4 is 10.5 Å². The van der Waals surface area contributed by atoms with Gasteiger partial charge in [-0.15, -0.1) is 0 Å². The number of nitrogens with two attached hydrogens (primary N) is 1. The van der Waals surface area contributed by atoms with E-state index in [1.165, 1.54) is 0 Å². The molecule has 2 N–H and O–H groups in total. The molecule has 1 aromatic rings. The number of benzene rings is 1. The maximum absolute atomic E-state index is 8.90. The van der Waals surface area contributed by atoms with Crippen molar-refractivity contribution in [1.82, 2.24) is 0 Å². The van der Waals surface area contributed by atoms with Crippen LogP contribution in [0.3, 0.4) is 0 Å². The molecule has 0 saturated carbocycles. The smallest absolute Gasteiger partial charge is 0.125 e. The Morgan fingerprint density at radius 1 is 1.44 bits per heavy atom. The van der Waals surface area contributed by atoms with E-state index in [1.807, 2.05) is 26.0 Å². The van der Waals surface area contributed by atoms with Crippen molar-refractivity contribution < 1.29 is 4.74 Å². The number of halogens is 1. The molecular formula is C14H19ClN2O. The predicted octanol–water partition coefficient (Wildman–Crippen LogP) is 3.51. The zero-order valence-electron chi connectivity index (χ0n) is 10.9. The molecule has 0 radical (unpaired) electrons. The maximum Gasteiger partial charge on any atom is 0.125 e. The number of hydrogen-bond donors (Lipinski definition) is 1. The second-order valence-electron chi connectivity index (χ2n) is 4.87. The molecule has 0 saturated heterocycles. The molecule has 0 aliphatic rings. The standard InChI is InChI=1S/C14H19ClN2O/c1-14(2,10-17)7-4-8-18-13-6-3-5-12(15)11(13)9-16/h3,5-6H,4,7-9,16H2,1-2H3. The van der Waals surface area contributed by atoms with E-state index in [4.69, 9.17) is 27.3 Å². The summed E-state index contributed by atoms with van der Waals surface area (Å²) >= 11 is 6.03. The minimum atomic E-state index is -0.297. The molecule has 1 rings (SSSR count). The predicted molar refractivity (Wildman–Crippen MR) is 73.5 cm³/mol. The van der Waals surface area contributed by atoms with Gasteiger partial charge in [-0.1, -0.05) is 17.7 Å². The van der Waals surface area contributed by atoms with Gasteiger partial charge in [0, 0.05) is 17.1 Å². The van der Waals surface area contributed by atoms with Gasteiger partial charge in [-0.3, -0.25) is 0 Å². The summed E-state index contributed by atoms with van der Waals surface area (Å²) in [5.41, 5.74) is 6.17. The van der Waals surface area contributed by atoms with Crippen molar-refractivity contribution in [2.45, 2.75) is 33.2 Å². The first-order valence-electron chi connectivity index (χ1n) is 6.01. The van der Waals surface area contributed by atoms with Crippen LogP contribution >= 0.6 is 11.6 Å². The monoisotopic (exact) mass is 266 g/mol. The lowest BCUT2D eigenvalue weighted by atomic mass is 9.90. The van der Waals surface area contributed by atoms with Crippen molar-refractivity contribution in [2.75, 3.05) is 6.61 Å². The maximum atomic E-state index is 8.90. The van der Waals surface area contributed by atoms with Gasteiger partial charge in [-0.05, 0) is 38.8 Å². The number of hydrogen-bond acceptors (Lipinski definition) is 3. The Bertz CT molecular complexity index is 438. The van der Waals surface area contributed by atoms with Gasteiger partial charge in [0.15, 0.2) is 0 Å². The number of ether oxygens (including phenoxy) is 1. The zero-order chi connectivity index (χ0) is 13.6. The summed E-state index contributed by atoms with van der Waals surface area (Å²) in [4.78, 5) is 0. The van der Waals surface area contributed by atoms with E-state index in [2.05, 4.69) is 6.07 Å². The van der Waals surface area contributed by atoms with E-state index in [-0.39, 0.29) is 5.41 Å². The minimum absolute atomic E-state index is 0.297. The van der Waals surface area contributed by atoms with Gasteiger partial charge in [-0.25, -0.2) is 0 Å². The first-order valence-corrected chi connectivity index (χ1v) is 6.39. The normalized spacial score (nSPS) is 11.1. The Hall–Kier alpha value is -1.24. The highest BCUT2D eigenvalue weighted by atomic mass is 35.5. The fourth-order valence-electron chi connectivity index (χ4n) is 1.62. The van der Waals surface area contributed by atoms with Crippen LogP contribution in [0.15, 0.2) is 18.2 Å². The van der Waals surface area contributed by atoms with Crippen LogP contribution in [0.1, 0.15) is 32.3 Å². The van der Waals surface area contributed by atoms with E-state index >= 15 is 0 Å². The average molecular weight is 267 g/mol. The Kier molecular flexibility index (Phi) is 5.46. The molecule has 0 fully saturated rings. The highest BCUT2D eigenvalue weighted by Crippen LogP contribution is 2.26. The third kappa shape index (κ3) is 4.21. The largest absolute Gasteiger partial charge is 0.493 e.